The Labute approximate surface area is 177 Å². The molecule has 0 aliphatic carbocycles. The zero-order valence-corrected chi connectivity index (χ0v) is 17.6. The zero-order valence-electron chi connectivity index (χ0n) is 17.6. The van der Waals surface area contributed by atoms with Gasteiger partial charge in [-0.2, -0.15) is 0 Å². The predicted molar refractivity (Wildman–Crippen MR) is 122 cm³/mol. The van der Waals surface area contributed by atoms with Gasteiger partial charge < -0.3 is 9.88 Å². The summed E-state index contributed by atoms with van der Waals surface area (Å²) in [6.45, 7) is 5.52. The van der Waals surface area contributed by atoms with Crippen molar-refractivity contribution in [1.29, 1.82) is 0 Å². The van der Waals surface area contributed by atoms with E-state index >= 15 is 0 Å². The van der Waals surface area contributed by atoms with Gasteiger partial charge in [-0.05, 0) is 50.1 Å². The number of carbonyl (C=O) groups excluding carboxylic acids is 1. The Kier molecular flexibility index (Phi) is 5.94. The highest BCUT2D eigenvalue weighted by Crippen LogP contribution is 2.19. The van der Waals surface area contributed by atoms with Crippen molar-refractivity contribution < 1.29 is 4.79 Å². The molecule has 4 aromatic rings. The molecule has 4 rings (SSSR count). The maximum absolute atomic E-state index is 12.4. The van der Waals surface area contributed by atoms with Crippen molar-refractivity contribution in [2.45, 2.75) is 33.2 Å². The Bertz CT molecular complexity index is 1160. The lowest BCUT2D eigenvalue weighted by atomic mass is 10.1. The number of carbonyl (C=O) groups is 1. The van der Waals surface area contributed by atoms with Gasteiger partial charge in [0, 0.05) is 25.1 Å². The molecular weight excluding hydrogens is 370 g/mol. The Hall–Kier alpha value is -3.40. The molecule has 0 radical (unpaired) electrons. The second kappa shape index (κ2) is 8.95. The largest absolute Gasteiger partial charge is 0.352 e. The first kappa shape index (κ1) is 19.9. The summed E-state index contributed by atoms with van der Waals surface area (Å²) in [5.41, 5.74) is 6.49. The van der Waals surface area contributed by atoms with Gasteiger partial charge in [-0.3, -0.25) is 4.79 Å². The lowest BCUT2D eigenvalue weighted by Crippen LogP contribution is -2.25. The number of hydrogen-bond acceptors (Lipinski definition) is 2. The van der Waals surface area contributed by atoms with Crippen molar-refractivity contribution in [2.75, 3.05) is 6.54 Å². The molecule has 30 heavy (non-hydrogen) atoms. The predicted octanol–water partition coefficient (Wildman–Crippen LogP) is 5.06. The summed E-state index contributed by atoms with van der Waals surface area (Å²) in [5, 5.41) is 3.03. The minimum absolute atomic E-state index is 0.0214. The van der Waals surface area contributed by atoms with Crippen molar-refractivity contribution in [3.05, 3.63) is 101 Å². The van der Waals surface area contributed by atoms with Crippen LogP contribution in [0.4, 0.5) is 0 Å². The molecule has 0 unspecified atom stereocenters. The summed E-state index contributed by atoms with van der Waals surface area (Å²) >= 11 is 0. The van der Waals surface area contributed by atoms with Crippen LogP contribution in [0.1, 0.15) is 39.3 Å². The third-order valence-corrected chi connectivity index (χ3v) is 5.34. The minimum atomic E-state index is -0.0214. The van der Waals surface area contributed by atoms with Gasteiger partial charge in [-0.25, -0.2) is 4.98 Å². The minimum Gasteiger partial charge on any atom is -0.352 e. The fraction of sp³-hybridized carbons (Fsp3) is 0.231. The molecule has 152 valence electrons. The van der Waals surface area contributed by atoms with Crippen LogP contribution in [-0.2, 0) is 13.0 Å². The Morgan fingerprint density at radius 1 is 0.933 bits per heavy atom. The molecule has 0 bridgehead atoms. The van der Waals surface area contributed by atoms with Crippen LogP contribution in [0.15, 0.2) is 72.8 Å². The quantitative estimate of drug-likeness (QED) is 0.443. The molecule has 0 saturated heterocycles. The van der Waals surface area contributed by atoms with E-state index in [1.807, 2.05) is 37.3 Å². The van der Waals surface area contributed by atoms with E-state index in [0.29, 0.717) is 12.1 Å². The van der Waals surface area contributed by atoms with Crippen LogP contribution in [0.5, 0.6) is 0 Å². The van der Waals surface area contributed by atoms with E-state index in [2.05, 4.69) is 59.3 Å². The number of aromatic nitrogens is 2. The number of hydrogen-bond donors (Lipinski definition) is 1. The number of amides is 1. The number of aryl methyl sites for hydroxylation is 3. The monoisotopic (exact) mass is 397 g/mol. The zero-order chi connectivity index (χ0) is 20.9. The van der Waals surface area contributed by atoms with Crippen LogP contribution in [0.3, 0.4) is 0 Å². The van der Waals surface area contributed by atoms with Gasteiger partial charge in [0.1, 0.15) is 5.82 Å². The van der Waals surface area contributed by atoms with E-state index in [-0.39, 0.29) is 5.91 Å². The molecule has 1 heterocycles. The number of nitrogens with zero attached hydrogens (tertiary/aromatic N) is 2. The molecule has 0 aliphatic heterocycles. The fourth-order valence-electron chi connectivity index (χ4n) is 3.71. The number of benzene rings is 3. The van der Waals surface area contributed by atoms with Crippen LogP contribution in [-0.4, -0.2) is 22.0 Å². The lowest BCUT2D eigenvalue weighted by Gasteiger charge is -2.10. The van der Waals surface area contributed by atoms with Gasteiger partial charge in [0.15, 0.2) is 0 Å². The Morgan fingerprint density at radius 2 is 1.73 bits per heavy atom. The van der Waals surface area contributed by atoms with Gasteiger partial charge in [0.05, 0.1) is 11.0 Å². The van der Waals surface area contributed by atoms with Gasteiger partial charge >= 0.3 is 0 Å². The van der Waals surface area contributed by atoms with E-state index in [1.165, 1.54) is 11.1 Å². The van der Waals surface area contributed by atoms with Crippen molar-refractivity contribution >= 4 is 16.9 Å². The molecule has 0 spiro atoms. The van der Waals surface area contributed by atoms with Gasteiger partial charge in [-0.15, -0.1) is 0 Å². The smallest absolute Gasteiger partial charge is 0.251 e. The van der Waals surface area contributed by atoms with Crippen LogP contribution in [0, 0.1) is 13.8 Å². The van der Waals surface area contributed by atoms with Crippen molar-refractivity contribution in [3.8, 4) is 0 Å². The topological polar surface area (TPSA) is 46.9 Å². The molecule has 0 saturated carbocycles. The average molecular weight is 398 g/mol. The highest BCUT2D eigenvalue weighted by molar-refractivity contribution is 5.94. The summed E-state index contributed by atoms with van der Waals surface area (Å²) < 4.78 is 2.29. The third-order valence-electron chi connectivity index (χ3n) is 5.34. The first-order valence-corrected chi connectivity index (χ1v) is 10.4. The van der Waals surface area contributed by atoms with Crippen molar-refractivity contribution in [1.82, 2.24) is 14.9 Å². The summed E-state index contributed by atoms with van der Waals surface area (Å²) in [6.07, 6.45) is 1.66. The standard InChI is InChI=1S/C26H27N3O/c1-19-12-14-21(15-13-19)18-29-24-10-4-3-9-23(24)28-25(29)11-6-16-27-26(30)22-8-5-7-20(2)17-22/h3-5,7-10,12-15,17H,6,11,16,18H2,1-2H3,(H,27,30). The number of nitrogens with one attached hydrogen (secondary N) is 1. The first-order chi connectivity index (χ1) is 14.6. The SMILES string of the molecule is Cc1ccc(Cn2c(CCCNC(=O)c3cccc(C)c3)nc3ccccc32)cc1. The highest BCUT2D eigenvalue weighted by Gasteiger charge is 2.11. The fourth-order valence-corrected chi connectivity index (χ4v) is 3.71. The summed E-state index contributed by atoms with van der Waals surface area (Å²) in [7, 11) is 0. The highest BCUT2D eigenvalue weighted by atomic mass is 16.1. The number of rotatable bonds is 7. The maximum atomic E-state index is 12.4. The van der Waals surface area contributed by atoms with Crippen LogP contribution in [0.25, 0.3) is 11.0 Å². The van der Waals surface area contributed by atoms with E-state index < -0.39 is 0 Å². The second-order valence-electron chi connectivity index (χ2n) is 7.82. The Balaban J connectivity index is 1.44. The molecular formula is C26H27N3O. The molecule has 1 aromatic heterocycles. The van der Waals surface area contributed by atoms with E-state index in [1.54, 1.807) is 0 Å². The average Bonchev–Trinajstić information content (AvgIpc) is 3.10. The number of para-hydroxylation sites is 2. The molecule has 0 aliphatic rings. The van der Waals surface area contributed by atoms with Crippen LogP contribution < -0.4 is 5.32 Å². The lowest BCUT2D eigenvalue weighted by molar-refractivity contribution is 0.0953. The van der Waals surface area contributed by atoms with E-state index in [9.17, 15) is 4.79 Å². The molecule has 3 aromatic carbocycles. The van der Waals surface area contributed by atoms with Crippen LogP contribution in [0.2, 0.25) is 0 Å². The normalized spacial score (nSPS) is 11.0. The first-order valence-electron chi connectivity index (χ1n) is 10.4. The number of imidazole rings is 1. The molecule has 1 amide bonds. The summed E-state index contributed by atoms with van der Waals surface area (Å²) in [5.74, 6) is 1.04. The number of fused-ring (bicyclic) bond motifs is 1. The molecule has 4 heteroatoms. The van der Waals surface area contributed by atoms with Crippen molar-refractivity contribution in [3.63, 3.8) is 0 Å². The van der Waals surface area contributed by atoms with Crippen LogP contribution >= 0.6 is 0 Å². The maximum Gasteiger partial charge on any atom is 0.251 e. The second-order valence-corrected chi connectivity index (χ2v) is 7.82. The van der Waals surface area contributed by atoms with Gasteiger partial charge in [0.2, 0.25) is 0 Å². The summed E-state index contributed by atoms with van der Waals surface area (Å²) in [4.78, 5) is 17.2. The third kappa shape index (κ3) is 4.60. The molecule has 4 nitrogen and oxygen atoms in total. The molecule has 1 N–H and O–H groups in total. The van der Waals surface area contributed by atoms with Crippen molar-refractivity contribution in [2.24, 2.45) is 0 Å². The Morgan fingerprint density at radius 3 is 2.53 bits per heavy atom. The van der Waals surface area contributed by atoms with Gasteiger partial charge in [0.25, 0.3) is 5.91 Å². The molecule has 0 fully saturated rings. The molecule has 0 atom stereocenters. The summed E-state index contributed by atoms with van der Waals surface area (Å²) in [6, 6.07) is 24.6. The van der Waals surface area contributed by atoms with E-state index in [0.717, 1.165) is 41.8 Å². The van der Waals surface area contributed by atoms with E-state index in [4.69, 9.17) is 4.98 Å². The van der Waals surface area contributed by atoms with Gasteiger partial charge in [-0.1, -0.05) is 59.7 Å².